The molecule has 0 aliphatic carbocycles. The van der Waals surface area contributed by atoms with Gasteiger partial charge in [-0.15, -0.1) is 0 Å². The Bertz CT molecular complexity index is 558. The quantitative estimate of drug-likeness (QED) is 0.932. The van der Waals surface area contributed by atoms with Gasteiger partial charge < -0.3 is 10.0 Å². The maximum absolute atomic E-state index is 12.4. The van der Waals surface area contributed by atoms with Crippen molar-refractivity contribution in [1.29, 1.82) is 0 Å². The van der Waals surface area contributed by atoms with Gasteiger partial charge in [-0.3, -0.25) is 9.59 Å². The number of nitrogens with zero attached hydrogens (tertiary/aromatic N) is 1. The first-order valence-corrected chi connectivity index (χ1v) is 7.06. The molecule has 1 fully saturated rings. The molecule has 0 radical (unpaired) electrons. The summed E-state index contributed by atoms with van der Waals surface area (Å²) in [5, 5.41) is 9.98. The highest BCUT2D eigenvalue weighted by Gasteiger charge is 2.44. The van der Waals surface area contributed by atoms with Crippen molar-refractivity contribution < 1.29 is 14.7 Å². The molecule has 0 spiro atoms. The van der Waals surface area contributed by atoms with Gasteiger partial charge in [0.05, 0.1) is 5.41 Å². The van der Waals surface area contributed by atoms with Crippen LogP contribution in [0, 0.1) is 12.3 Å². The van der Waals surface area contributed by atoms with Gasteiger partial charge in [-0.2, -0.15) is 0 Å². The van der Waals surface area contributed by atoms with Crippen LogP contribution in [0.15, 0.2) is 18.2 Å². The molecule has 1 aromatic rings. The topological polar surface area (TPSA) is 57.6 Å². The molecule has 1 aliphatic rings. The molecule has 1 saturated heterocycles. The van der Waals surface area contributed by atoms with Crippen molar-refractivity contribution in [2.75, 3.05) is 13.1 Å². The molecule has 1 unspecified atom stereocenters. The third-order valence-corrected chi connectivity index (χ3v) is 4.60. The molecule has 2 rings (SSSR count). The highest BCUT2D eigenvalue weighted by molar-refractivity contribution is 6.31. The number of carboxylic acids is 1. The molecule has 1 N–H and O–H groups in total. The van der Waals surface area contributed by atoms with Gasteiger partial charge in [0.15, 0.2) is 0 Å². The van der Waals surface area contributed by atoms with Crippen LogP contribution in [0.3, 0.4) is 0 Å². The zero-order valence-electron chi connectivity index (χ0n) is 11.6. The first-order valence-electron chi connectivity index (χ1n) is 6.68. The maximum atomic E-state index is 12.4. The van der Waals surface area contributed by atoms with Gasteiger partial charge in [0, 0.05) is 23.7 Å². The minimum atomic E-state index is -0.817. The van der Waals surface area contributed by atoms with Gasteiger partial charge in [-0.25, -0.2) is 0 Å². The Kier molecular flexibility index (Phi) is 4.04. The Labute approximate surface area is 123 Å². The van der Waals surface area contributed by atoms with Crippen molar-refractivity contribution in [2.24, 2.45) is 5.41 Å². The molecule has 1 heterocycles. The second-order valence-corrected chi connectivity index (χ2v) is 5.79. The summed E-state index contributed by atoms with van der Waals surface area (Å²) < 4.78 is 0. The monoisotopic (exact) mass is 295 g/mol. The summed E-state index contributed by atoms with van der Waals surface area (Å²) >= 11 is 5.95. The molecule has 1 atom stereocenters. The second kappa shape index (κ2) is 5.44. The average Bonchev–Trinajstić information content (AvgIpc) is 2.87. The van der Waals surface area contributed by atoms with E-state index in [1.165, 1.54) is 0 Å². The molecule has 108 valence electrons. The lowest BCUT2D eigenvalue weighted by molar-refractivity contribution is -0.148. The number of carboxylic acid groups (broad SMARTS) is 1. The Hall–Kier alpha value is -1.55. The molecular formula is C15H18ClNO3. The number of hydrogen-bond acceptors (Lipinski definition) is 2. The number of benzene rings is 1. The van der Waals surface area contributed by atoms with Crippen molar-refractivity contribution in [3.63, 3.8) is 0 Å². The minimum Gasteiger partial charge on any atom is -0.481 e. The van der Waals surface area contributed by atoms with E-state index in [0.29, 0.717) is 30.0 Å². The van der Waals surface area contributed by atoms with E-state index in [4.69, 9.17) is 11.6 Å². The smallest absolute Gasteiger partial charge is 0.311 e. The van der Waals surface area contributed by atoms with Crippen LogP contribution >= 0.6 is 11.6 Å². The van der Waals surface area contributed by atoms with E-state index in [1.807, 2.05) is 13.8 Å². The Morgan fingerprint density at radius 2 is 2.15 bits per heavy atom. The fourth-order valence-corrected chi connectivity index (χ4v) is 2.74. The van der Waals surface area contributed by atoms with Crippen LogP contribution in [0.5, 0.6) is 0 Å². The normalized spacial score (nSPS) is 22.1. The minimum absolute atomic E-state index is 0.124. The van der Waals surface area contributed by atoms with E-state index in [2.05, 4.69) is 0 Å². The van der Waals surface area contributed by atoms with Crippen LogP contribution in [0.1, 0.15) is 35.7 Å². The average molecular weight is 296 g/mol. The first kappa shape index (κ1) is 14.9. The number of amides is 1. The van der Waals surface area contributed by atoms with E-state index in [9.17, 15) is 14.7 Å². The number of carbonyl (C=O) groups excluding carboxylic acids is 1. The number of aliphatic carboxylic acids is 1. The largest absolute Gasteiger partial charge is 0.481 e. The van der Waals surface area contributed by atoms with Crippen LogP contribution in [-0.4, -0.2) is 35.0 Å². The van der Waals surface area contributed by atoms with Crippen molar-refractivity contribution in [2.45, 2.75) is 26.7 Å². The maximum Gasteiger partial charge on any atom is 0.311 e. The standard InChI is InChI=1S/C15H18ClNO3/c1-3-15(14(19)20)6-7-17(9-15)13(18)11-4-5-12(16)10(2)8-11/h4-5,8H,3,6-7,9H2,1-2H3,(H,19,20). The lowest BCUT2D eigenvalue weighted by atomic mass is 9.84. The van der Waals surface area contributed by atoms with E-state index in [-0.39, 0.29) is 12.5 Å². The number of halogens is 1. The summed E-state index contributed by atoms with van der Waals surface area (Å²) in [7, 11) is 0. The summed E-state index contributed by atoms with van der Waals surface area (Å²) in [6.45, 7) is 4.46. The summed E-state index contributed by atoms with van der Waals surface area (Å²) in [4.78, 5) is 25.5. The molecule has 1 aliphatic heterocycles. The number of hydrogen-bond donors (Lipinski definition) is 1. The number of rotatable bonds is 3. The van der Waals surface area contributed by atoms with Crippen LogP contribution in [0.2, 0.25) is 5.02 Å². The summed E-state index contributed by atoms with van der Waals surface area (Å²) in [5.41, 5.74) is 0.609. The zero-order chi connectivity index (χ0) is 14.9. The van der Waals surface area contributed by atoms with Crippen molar-refractivity contribution in [3.8, 4) is 0 Å². The molecule has 20 heavy (non-hydrogen) atoms. The van der Waals surface area contributed by atoms with Crippen LogP contribution in [0.4, 0.5) is 0 Å². The fraction of sp³-hybridized carbons (Fsp3) is 0.467. The lowest BCUT2D eigenvalue weighted by Gasteiger charge is -2.23. The molecule has 4 nitrogen and oxygen atoms in total. The molecule has 0 saturated carbocycles. The molecule has 0 aromatic heterocycles. The van der Waals surface area contributed by atoms with Crippen LogP contribution < -0.4 is 0 Å². The van der Waals surface area contributed by atoms with E-state index in [1.54, 1.807) is 23.1 Å². The number of aryl methyl sites for hydroxylation is 1. The Balaban J connectivity index is 2.19. The predicted octanol–water partition coefficient (Wildman–Crippen LogP) is 2.98. The van der Waals surface area contributed by atoms with Crippen molar-refractivity contribution in [1.82, 2.24) is 4.90 Å². The zero-order valence-corrected chi connectivity index (χ0v) is 12.4. The lowest BCUT2D eigenvalue weighted by Crippen LogP contribution is -2.36. The molecule has 1 aromatic carbocycles. The third kappa shape index (κ3) is 2.52. The third-order valence-electron chi connectivity index (χ3n) is 4.18. The van der Waals surface area contributed by atoms with Gasteiger partial charge in [-0.1, -0.05) is 18.5 Å². The summed E-state index contributed by atoms with van der Waals surface area (Å²) in [6, 6.07) is 5.13. The number of carbonyl (C=O) groups is 2. The van der Waals surface area contributed by atoms with Crippen molar-refractivity contribution >= 4 is 23.5 Å². The molecule has 5 heteroatoms. The van der Waals surface area contributed by atoms with E-state index in [0.717, 1.165) is 5.56 Å². The molecule has 1 amide bonds. The van der Waals surface area contributed by atoms with E-state index < -0.39 is 11.4 Å². The SMILES string of the molecule is CCC1(C(=O)O)CCN(C(=O)c2ccc(Cl)c(C)c2)C1. The van der Waals surface area contributed by atoms with Crippen molar-refractivity contribution in [3.05, 3.63) is 34.3 Å². The number of likely N-dealkylation sites (tertiary alicyclic amines) is 1. The van der Waals surface area contributed by atoms with Crippen LogP contribution in [0.25, 0.3) is 0 Å². The van der Waals surface area contributed by atoms with Gasteiger partial charge in [-0.05, 0) is 43.5 Å². The molecular weight excluding hydrogens is 278 g/mol. The highest BCUT2D eigenvalue weighted by Crippen LogP contribution is 2.35. The van der Waals surface area contributed by atoms with Crippen LogP contribution in [-0.2, 0) is 4.79 Å². The Morgan fingerprint density at radius 3 is 2.65 bits per heavy atom. The Morgan fingerprint density at radius 1 is 1.45 bits per heavy atom. The predicted molar refractivity (Wildman–Crippen MR) is 77.1 cm³/mol. The first-order chi connectivity index (χ1) is 9.39. The summed E-state index contributed by atoms with van der Waals surface area (Å²) in [6.07, 6.45) is 1.04. The molecule has 0 bridgehead atoms. The summed E-state index contributed by atoms with van der Waals surface area (Å²) in [5.74, 6) is -0.941. The second-order valence-electron chi connectivity index (χ2n) is 5.38. The van der Waals surface area contributed by atoms with Gasteiger partial charge in [0.1, 0.15) is 0 Å². The van der Waals surface area contributed by atoms with Gasteiger partial charge >= 0.3 is 5.97 Å². The fourth-order valence-electron chi connectivity index (χ4n) is 2.62. The van der Waals surface area contributed by atoms with E-state index >= 15 is 0 Å². The van der Waals surface area contributed by atoms with Gasteiger partial charge in [0.25, 0.3) is 5.91 Å². The van der Waals surface area contributed by atoms with Gasteiger partial charge in [0.2, 0.25) is 0 Å². The highest BCUT2D eigenvalue weighted by atomic mass is 35.5.